The summed E-state index contributed by atoms with van der Waals surface area (Å²) < 4.78 is 17.4. The second-order valence-electron chi connectivity index (χ2n) is 9.50. The van der Waals surface area contributed by atoms with Gasteiger partial charge in [0.1, 0.15) is 13.2 Å². The van der Waals surface area contributed by atoms with Crippen molar-refractivity contribution in [3.05, 3.63) is 39.6 Å². The molecule has 4 N–H and O–H groups in total. The number of aromatic amines is 1. The van der Waals surface area contributed by atoms with Crippen molar-refractivity contribution >= 4 is 51.9 Å². The van der Waals surface area contributed by atoms with Gasteiger partial charge in [-0.15, -0.1) is 0 Å². The second kappa shape index (κ2) is 15.3. The van der Waals surface area contributed by atoms with E-state index in [9.17, 15) is 19.5 Å². The van der Waals surface area contributed by atoms with E-state index >= 15 is 0 Å². The molecule has 1 aromatic carbocycles. The molecule has 1 aliphatic rings. The Morgan fingerprint density at radius 1 is 1.07 bits per heavy atom. The number of hydrogen-bond donors (Lipinski definition) is 4. The molecule has 15 heteroatoms. The number of halogens is 2. The van der Waals surface area contributed by atoms with Crippen molar-refractivity contribution in [1.82, 2.24) is 25.0 Å². The average molecular weight is 626 g/mol. The van der Waals surface area contributed by atoms with Crippen molar-refractivity contribution in [3.63, 3.8) is 0 Å². The average Bonchev–Trinajstić information content (AvgIpc) is 3.59. The van der Waals surface area contributed by atoms with E-state index in [0.717, 1.165) is 22.2 Å². The van der Waals surface area contributed by atoms with E-state index in [1.165, 1.54) is 4.68 Å². The molecular weight excluding hydrogens is 593 g/mol. The van der Waals surface area contributed by atoms with Gasteiger partial charge in [0, 0.05) is 54.5 Å². The number of carboxylic acids is 1. The highest BCUT2D eigenvalue weighted by Crippen LogP contribution is 2.41. The normalized spacial score (nSPS) is 13.0. The standard InChI is InChI=1S/C27H33Cl2N5O8/c28-19-13-17(25-18-14-33(23(37)16-35)5-1-20(18)31-27(25)26(19)29)21-2-6-34(32-21)15-22(36)30-4-8-41-10-12-42-11-9-40-7-3-24(38)39/h2,6,13,31,35H,1,3-5,7-12,14-16H2,(H,30,36)(H,38,39). The third kappa shape index (κ3) is 8.21. The number of fused-ring (bicyclic) bond motifs is 3. The van der Waals surface area contributed by atoms with Gasteiger partial charge in [-0.3, -0.25) is 19.1 Å². The van der Waals surface area contributed by atoms with E-state index < -0.39 is 12.6 Å². The van der Waals surface area contributed by atoms with Gasteiger partial charge in [0.25, 0.3) is 0 Å². The first kappa shape index (κ1) is 31.7. The number of rotatable bonds is 16. The third-order valence-corrected chi connectivity index (χ3v) is 7.41. The highest BCUT2D eigenvalue weighted by atomic mass is 35.5. The van der Waals surface area contributed by atoms with E-state index in [1.807, 2.05) is 0 Å². The number of benzene rings is 1. The Labute approximate surface area is 251 Å². The van der Waals surface area contributed by atoms with Crippen LogP contribution in [0.1, 0.15) is 17.7 Å². The predicted molar refractivity (Wildman–Crippen MR) is 153 cm³/mol. The van der Waals surface area contributed by atoms with Crippen molar-refractivity contribution < 1.29 is 38.8 Å². The first-order valence-electron chi connectivity index (χ1n) is 13.4. The van der Waals surface area contributed by atoms with Gasteiger partial charge in [-0.2, -0.15) is 5.10 Å². The largest absolute Gasteiger partial charge is 0.481 e. The van der Waals surface area contributed by atoms with Crippen LogP contribution in [0.5, 0.6) is 0 Å². The van der Waals surface area contributed by atoms with Crippen LogP contribution < -0.4 is 5.32 Å². The number of aliphatic hydroxyl groups is 1. The van der Waals surface area contributed by atoms with Crippen molar-refractivity contribution in [3.8, 4) is 11.3 Å². The fraction of sp³-hybridized carbons (Fsp3) is 0.481. The molecule has 0 bridgehead atoms. The van der Waals surface area contributed by atoms with Gasteiger partial charge in [0.05, 0.1) is 67.3 Å². The zero-order valence-electron chi connectivity index (χ0n) is 22.9. The minimum Gasteiger partial charge on any atom is -0.481 e. The topological polar surface area (TPSA) is 168 Å². The maximum absolute atomic E-state index is 12.4. The predicted octanol–water partition coefficient (Wildman–Crippen LogP) is 1.86. The van der Waals surface area contributed by atoms with Gasteiger partial charge < -0.3 is 39.6 Å². The molecule has 0 saturated carbocycles. The molecular formula is C27H33Cl2N5O8. The molecule has 4 rings (SSSR count). The molecule has 0 radical (unpaired) electrons. The van der Waals surface area contributed by atoms with E-state index in [0.29, 0.717) is 80.3 Å². The molecule has 0 aliphatic carbocycles. The molecule has 2 aromatic heterocycles. The van der Waals surface area contributed by atoms with Gasteiger partial charge in [-0.25, -0.2) is 0 Å². The molecule has 3 heterocycles. The van der Waals surface area contributed by atoms with Gasteiger partial charge in [0.2, 0.25) is 11.8 Å². The molecule has 42 heavy (non-hydrogen) atoms. The molecule has 0 unspecified atom stereocenters. The first-order chi connectivity index (χ1) is 20.3. The number of nitrogens with one attached hydrogen (secondary N) is 2. The third-order valence-electron chi connectivity index (χ3n) is 6.63. The molecule has 0 spiro atoms. The molecule has 13 nitrogen and oxygen atoms in total. The summed E-state index contributed by atoms with van der Waals surface area (Å²) in [7, 11) is 0. The number of aromatic nitrogens is 3. The first-order valence-corrected chi connectivity index (χ1v) is 14.2. The van der Waals surface area contributed by atoms with Crippen LogP contribution in [0.4, 0.5) is 0 Å². The molecule has 2 amide bonds. The maximum atomic E-state index is 12.4. The van der Waals surface area contributed by atoms with Crippen molar-refractivity contribution in [1.29, 1.82) is 0 Å². The lowest BCUT2D eigenvalue weighted by molar-refractivity contribution is -0.138. The smallest absolute Gasteiger partial charge is 0.305 e. The van der Waals surface area contributed by atoms with Gasteiger partial charge in [0.15, 0.2) is 0 Å². The van der Waals surface area contributed by atoms with E-state index in [2.05, 4.69) is 15.4 Å². The number of hydrogen-bond acceptors (Lipinski definition) is 8. The van der Waals surface area contributed by atoms with Crippen LogP contribution >= 0.6 is 23.2 Å². The number of nitrogens with zero attached hydrogens (tertiary/aromatic N) is 3. The summed E-state index contributed by atoms with van der Waals surface area (Å²) in [5.74, 6) is -1.49. The fourth-order valence-corrected chi connectivity index (χ4v) is 5.01. The van der Waals surface area contributed by atoms with Crippen molar-refractivity contribution in [2.24, 2.45) is 0 Å². The number of carbonyl (C=O) groups is 3. The van der Waals surface area contributed by atoms with Crippen LogP contribution in [-0.2, 0) is 48.1 Å². The van der Waals surface area contributed by atoms with E-state index in [-0.39, 0.29) is 31.4 Å². The van der Waals surface area contributed by atoms with Crippen LogP contribution in [0.25, 0.3) is 22.2 Å². The maximum Gasteiger partial charge on any atom is 0.305 e. The molecule has 3 aromatic rings. The molecule has 0 atom stereocenters. The summed E-state index contributed by atoms with van der Waals surface area (Å²) in [6.07, 6.45) is 2.24. The molecule has 0 saturated heterocycles. The summed E-state index contributed by atoms with van der Waals surface area (Å²) in [6, 6.07) is 3.51. The number of carboxylic acid groups (broad SMARTS) is 1. The monoisotopic (exact) mass is 625 g/mol. The van der Waals surface area contributed by atoms with Crippen LogP contribution in [-0.4, -0.2) is 107 Å². The zero-order chi connectivity index (χ0) is 30.1. The number of H-pyrrole nitrogens is 1. The van der Waals surface area contributed by atoms with Crippen molar-refractivity contribution in [2.45, 2.75) is 25.9 Å². The SMILES string of the molecule is O=C(O)CCOCCOCCOCCNC(=O)Cn1ccc(-c2cc(Cl)c(Cl)c3[nH]c4c(c23)CN(C(=O)CO)CC4)n1. The van der Waals surface area contributed by atoms with E-state index in [4.69, 9.17) is 42.5 Å². The van der Waals surface area contributed by atoms with Crippen LogP contribution in [0, 0.1) is 0 Å². The quantitative estimate of drug-likeness (QED) is 0.174. The Morgan fingerprint density at radius 3 is 2.50 bits per heavy atom. The number of amides is 2. The molecule has 0 fully saturated rings. The van der Waals surface area contributed by atoms with Crippen LogP contribution in [0.3, 0.4) is 0 Å². The number of aliphatic hydroxyl groups excluding tert-OH is 1. The fourth-order valence-electron chi connectivity index (χ4n) is 4.61. The number of carbonyl (C=O) groups excluding carboxylic acids is 2. The van der Waals surface area contributed by atoms with Crippen LogP contribution in [0.15, 0.2) is 18.3 Å². The Bertz CT molecular complexity index is 1410. The Balaban J connectivity index is 1.27. The van der Waals surface area contributed by atoms with Crippen LogP contribution in [0.2, 0.25) is 10.0 Å². The number of aliphatic carboxylic acids is 1. The van der Waals surface area contributed by atoms with Crippen molar-refractivity contribution in [2.75, 3.05) is 59.3 Å². The minimum absolute atomic E-state index is 0.000518. The summed E-state index contributed by atoms with van der Waals surface area (Å²) in [4.78, 5) is 39.9. The highest BCUT2D eigenvalue weighted by molar-refractivity contribution is 6.45. The Hall–Kier alpha value is -3.20. The Kier molecular flexibility index (Phi) is 11.6. The molecule has 1 aliphatic heterocycles. The zero-order valence-corrected chi connectivity index (χ0v) is 24.4. The van der Waals surface area contributed by atoms with Gasteiger partial charge in [-0.05, 0) is 12.1 Å². The summed E-state index contributed by atoms with van der Waals surface area (Å²) in [5.41, 5.74) is 3.82. The lowest BCUT2D eigenvalue weighted by Gasteiger charge is -2.26. The highest BCUT2D eigenvalue weighted by Gasteiger charge is 2.27. The van der Waals surface area contributed by atoms with E-state index in [1.54, 1.807) is 23.2 Å². The summed E-state index contributed by atoms with van der Waals surface area (Å²) in [5, 5.41) is 26.8. The summed E-state index contributed by atoms with van der Waals surface area (Å²) >= 11 is 13.0. The Morgan fingerprint density at radius 2 is 1.79 bits per heavy atom. The minimum atomic E-state index is -0.904. The molecule has 228 valence electrons. The van der Waals surface area contributed by atoms with Gasteiger partial charge >= 0.3 is 5.97 Å². The number of ether oxygens (including phenoxy) is 3. The lowest BCUT2D eigenvalue weighted by atomic mass is 9.99. The lowest BCUT2D eigenvalue weighted by Crippen LogP contribution is -2.37. The second-order valence-corrected chi connectivity index (χ2v) is 10.3. The van der Waals surface area contributed by atoms with Gasteiger partial charge in [-0.1, -0.05) is 23.2 Å². The summed E-state index contributed by atoms with van der Waals surface area (Å²) in [6.45, 7) is 2.38.